The third kappa shape index (κ3) is 4.05. The SMILES string of the molecule is Cc1ccc(CO)cc1S(=O)(=O)NC1CC(C)CC(C)C1. The number of nitrogens with one attached hydrogen (secondary N) is 1. The fraction of sp³-hybridized carbons (Fsp3) is 0.625. The van der Waals surface area contributed by atoms with Gasteiger partial charge in [-0.2, -0.15) is 0 Å². The van der Waals surface area contributed by atoms with E-state index in [4.69, 9.17) is 0 Å². The monoisotopic (exact) mass is 311 g/mol. The van der Waals surface area contributed by atoms with Crippen LogP contribution >= 0.6 is 0 Å². The van der Waals surface area contributed by atoms with Gasteiger partial charge in [0.1, 0.15) is 0 Å². The lowest BCUT2D eigenvalue weighted by atomic mass is 9.81. The van der Waals surface area contributed by atoms with Crippen LogP contribution in [0.25, 0.3) is 0 Å². The molecule has 1 saturated carbocycles. The van der Waals surface area contributed by atoms with Crippen LogP contribution in [0.15, 0.2) is 23.1 Å². The first-order valence-corrected chi connectivity index (χ1v) is 9.03. The van der Waals surface area contributed by atoms with Crippen molar-refractivity contribution < 1.29 is 13.5 Å². The largest absolute Gasteiger partial charge is 0.392 e. The molecular formula is C16H25NO3S. The summed E-state index contributed by atoms with van der Waals surface area (Å²) in [4.78, 5) is 0.278. The van der Waals surface area contributed by atoms with Crippen molar-refractivity contribution in [1.29, 1.82) is 0 Å². The molecule has 2 N–H and O–H groups in total. The molecule has 1 aromatic rings. The van der Waals surface area contributed by atoms with Gasteiger partial charge in [0.15, 0.2) is 0 Å². The summed E-state index contributed by atoms with van der Waals surface area (Å²) in [5.74, 6) is 1.10. The van der Waals surface area contributed by atoms with Gasteiger partial charge < -0.3 is 5.11 Å². The Morgan fingerprint density at radius 1 is 1.19 bits per heavy atom. The van der Waals surface area contributed by atoms with E-state index in [1.165, 1.54) is 0 Å². The van der Waals surface area contributed by atoms with E-state index in [2.05, 4.69) is 18.6 Å². The molecular weight excluding hydrogens is 286 g/mol. The molecule has 1 aromatic carbocycles. The Hall–Kier alpha value is -0.910. The Balaban J connectivity index is 2.22. The second-order valence-corrected chi connectivity index (χ2v) is 8.18. The average molecular weight is 311 g/mol. The molecule has 2 rings (SSSR count). The number of hydrogen-bond donors (Lipinski definition) is 2. The Kier molecular flexibility index (Phi) is 5.07. The van der Waals surface area contributed by atoms with E-state index in [1.54, 1.807) is 25.1 Å². The summed E-state index contributed by atoms with van der Waals surface area (Å²) < 4.78 is 28.1. The molecule has 0 aliphatic heterocycles. The zero-order valence-corrected chi connectivity index (χ0v) is 13.8. The molecule has 5 heteroatoms. The van der Waals surface area contributed by atoms with Crippen LogP contribution < -0.4 is 4.72 Å². The van der Waals surface area contributed by atoms with Crippen LogP contribution in [0.1, 0.15) is 44.2 Å². The molecule has 118 valence electrons. The minimum absolute atomic E-state index is 0.00549. The minimum Gasteiger partial charge on any atom is -0.392 e. The van der Waals surface area contributed by atoms with E-state index in [0.29, 0.717) is 23.0 Å². The van der Waals surface area contributed by atoms with E-state index in [-0.39, 0.29) is 17.5 Å². The van der Waals surface area contributed by atoms with Gasteiger partial charge in [0, 0.05) is 6.04 Å². The molecule has 4 nitrogen and oxygen atoms in total. The van der Waals surface area contributed by atoms with Gasteiger partial charge >= 0.3 is 0 Å². The van der Waals surface area contributed by atoms with Gasteiger partial charge in [-0.1, -0.05) is 26.0 Å². The highest BCUT2D eigenvalue weighted by molar-refractivity contribution is 7.89. The van der Waals surface area contributed by atoms with Crippen molar-refractivity contribution in [2.45, 2.75) is 57.6 Å². The van der Waals surface area contributed by atoms with Gasteiger partial charge in [-0.3, -0.25) is 0 Å². The van der Waals surface area contributed by atoms with E-state index < -0.39 is 10.0 Å². The van der Waals surface area contributed by atoms with Gasteiger partial charge in [0.05, 0.1) is 11.5 Å². The topological polar surface area (TPSA) is 66.4 Å². The van der Waals surface area contributed by atoms with E-state index in [1.807, 2.05) is 0 Å². The highest BCUT2D eigenvalue weighted by Crippen LogP contribution is 2.29. The van der Waals surface area contributed by atoms with Crippen LogP contribution in [0.4, 0.5) is 0 Å². The van der Waals surface area contributed by atoms with Crippen LogP contribution in [0.3, 0.4) is 0 Å². The first-order chi connectivity index (χ1) is 9.81. The predicted octanol–water partition coefficient (Wildman–Crippen LogP) is 2.59. The summed E-state index contributed by atoms with van der Waals surface area (Å²) in [6.45, 7) is 5.98. The van der Waals surface area contributed by atoms with Crippen molar-refractivity contribution in [3.8, 4) is 0 Å². The third-order valence-corrected chi connectivity index (χ3v) is 5.89. The predicted molar refractivity (Wildman–Crippen MR) is 83.4 cm³/mol. The summed E-state index contributed by atoms with van der Waals surface area (Å²) in [5.41, 5.74) is 1.32. The molecule has 0 saturated heterocycles. The number of aliphatic hydroxyl groups excluding tert-OH is 1. The van der Waals surface area contributed by atoms with Crippen LogP contribution in [0.2, 0.25) is 0 Å². The molecule has 0 spiro atoms. The molecule has 2 unspecified atom stereocenters. The fourth-order valence-electron chi connectivity index (χ4n) is 3.36. The summed E-state index contributed by atoms with van der Waals surface area (Å²) in [6.07, 6.45) is 2.95. The first kappa shape index (κ1) is 16.5. The van der Waals surface area contributed by atoms with Crippen LogP contribution in [0, 0.1) is 18.8 Å². The van der Waals surface area contributed by atoms with Crippen molar-refractivity contribution in [3.05, 3.63) is 29.3 Å². The molecule has 21 heavy (non-hydrogen) atoms. The maximum Gasteiger partial charge on any atom is 0.241 e. The zero-order chi connectivity index (χ0) is 15.6. The van der Waals surface area contributed by atoms with Gasteiger partial charge in [-0.25, -0.2) is 13.1 Å². The molecule has 0 bridgehead atoms. The molecule has 0 heterocycles. The molecule has 0 aromatic heterocycles. The number of sulfonamides is 1. The maximum absolute atomic E-state index is 12.6. The lowest BCUT2D eigenvalue weighted by molar-refractivity contribution is 0.257. The average Bonchev–Trinajstić information content (AvgIpc) is 2.37. The normalized spacial score (nSPS) is 26.8. The molecule has 1 aliphatic rings. The van der Waals surface area contributed by atoms with E-state index >= 15 is 0 Å². The third-order valence-electron chi connectivity index (χ3n) is 4.22. The van der Waals surface area contributed by atoms with Crippen molar-refractivity contribution in [1.82, 2.24) is 4.72 Å². The summed E-state index contributed by atoms with van der Waals surface area (Å²) in [5, 5.41) is 9.19. The van der Waals surface area contributed by atoms with Gasteiger partial charge in [-0.15, -0.1) is 0 Å². The lowest BCUT2D eigenvalue weighted by Crippen LogP contribution is -2.40. The van der Waals surface area contributed by atoms with Crippen LogP contribution in [-0.2, 0) is 16.6 Å². The summed E-state index contributed by atoms with van der Waals surface area (Å²) >= 11 is 0. The molecule has 0 amide bonds. The number of benzene rings is 1. The Labute approximate surface area is 127 Å². The molecule has 1 aliphatic carbocycles. The maximum atomic E-state index is 12.6. The molecule has 1 fully saturated rings. The second kappa shape index (κ2) is 6.46. The van der Waals surface area contributed by atoms with Gasteiger partial charge in [0.2, 0.25) is 10.0 Å². The van der Waals surface area contributed by atoms with Gasteiger partial charge in [-0.05, 0) is 55.2 Å². The van der Waals surface area contributed by atoms with E-state index in [0.717, 1.165) is 19.3 Å². The number of rotatable bonds is 4. The molecule has 2 atom stereocenters. The standard InChI is InChI=1S/C16H25NO3S/c1-11-6-12(2)8-15(7-11)17-21(19,20)16-9-14(10-18)5-4-13(16)3/h4-5,9,11-12,15,17-18H,6-8,10H2,1-3H3. The highest BCUT2D eigenvalue weighted by atomic mass is 32.2. The van der Waals surface area contributed by atoms with Gasteiger partial charge in [0.25, 0.3) is 0 Å². The quantitative estimate of drug-likeness (QED) is 0.898. The van der Waals surface area contributed by atoms with E-state index in [9.17, 15) is 13.5 Å². The molecule has 0 radical (unpaired) electrons. The smallest absolute Gasteiger partial charge is 0.241 e. The minimum atomic E-state index is -3.53. The van der Waals surface area contributed by atoms with Crippen molar-refractivity contribution in [2.24, 2.45) is 11.8 Å². The number of aryl methyl sites for hydroxylation is 1. The van der Waals surface area contributed by atoms with Crippen molar-refractivity contribution >= 4 is 10.0 Å². The summed E-state index contributed by atoms with van der Waals surface area (Å²) in [7, 11) is -3.53. The van der Waals surface area contributed by atoms with Crippen LogP contribution in [-0.4, -0.2) is 19.6 Å². The van der Waals surface area contributed by atoms with Crippen molar-refractivity contribution in [2.75, 3.05) is 0 Å². The second-order valence-electron chi connectivity index (χ2n) is 6.49. The summed E-state index contributed by atoms with van der Waals surface area (Å²) in [6, 6.07) is 5.06. The number of aliphatic hydroxyl groups is 1. The lowest BCUT2D eigenvalue weighted by Gasteiger charge is -2.31. The van der Waals surface area contributed by atoms with Crippen molar-refractivity contribution in [3.63, 3.8) is 0 Å². The fourth-order valence-corrected chi connectivity index (χ4v) is 4.92. The Bertz CT molecular complexity index is 588. The Morgan fingerprint density at radius 2 is 1.81 bits per heavy atom. The highest BCUT2D eigenvalue weighted by Gasteiger charge is 2.28. The zero-order valence-electron chi connectivity index (χ0n) is 13.0. The Morgan fingerprint density at radius 3 is 2.38 bits per heavy atom. The number of hydrogen-bond acceptors (Lipinski definition) is 3. The first-order valence-electron chi connectivity index (χ1n) is 7.54. The van der Waals surface area contributed by atoms with Crippen LogP contribution in [0.5, 0.6) is 0 Å².